The number of halogens is 1. The van der Waals surface area contributed by atoms with Crippen molar-refractivity contribution in [3.05, 3.63) is 75.6 Å². The predicted molar refractivity (Wildman–Crippen MR) is 143 cm³/mol. The van der Waals surface area contributed by atoms with Crippen LogP contribution < -0.4 is 20.9 Å². The van der Waals surface area contributed by atoms with Crippen LogP contribution in [-0.4, -0.2) is 28.4 Å². The van der Waals surface area contributed by atoms with Crippen molar-refractivity contribution in [1.82, 2.24) is 14.9 Å². The van der Waals surface area contributed by atoms with Gasteiger partial charge in [0.1, 0.15) is 23.0 Å². The van der Waals surface area contributed by atoms with Crippen LogP contribution in [-0.2, 0) is 11.8 Å². The number of nitrogens with zero attached hydrogens (tertiary/aromatic N) is 1. The van der Waals surface area contributed by atoms with Gasteiger partial charge in [-0.2, -0.15) is 0 Å². The molecule has 4 rings (SSSR count). The molecule has 4 aromatic rings. The van der Waals surface area contributed by atoms with Gasteiger partial charge in [-0.25, -0.2) is 4.39 Å². The van der Waals surface area contributed by atoms with E-state index in [1.807, 2.05) is 5.92 Å². The fourth-order valence-electron chi connectivity index (χ4n) is 4.05. The van der Waals surface area contributed by atoms with E-state index in [0.29, 0.717) is 50.3 Å². The second kappa shape index (κ2) is 10.4. The highest BCUT2D eigenvalue weighted by atomic mass is 19.1. The van der Waals surface area contributed by atoms with E-state index in [0.717, 1.165) is 0 Å². The van der Waals surface area contributed by atoms with Gasteiger partial charge in [0.25, 0.3) is 17.4 Å². The summed E-state index contributed by atoms with van der Waals surface area (Å²) in [7, 11) is 3.08. The lowest BCUT2D eigenvalue weighted by molar-refractivity contribution is -0.111. The molecule has 2 amide bonds. The van der Waals surface area contributed by atoms with Crippen molar-refractivity contribution >= 4 is 28.4 Å². The first-order chi connectivity index (χ1) is 17.1. The molecule has 37 heavy (non-hydrogen) atoms. The molecule has 0 saturated heterocycles. The van der Waals surface area contributed by atoms with Crippen LogP contribution in [0.3, 0.4) is 0 Å². The third-order valence-electron chi connectivity index (χ3n) is 5.73. The van der Waals surface area contributed by atoms with Crippen molar-refractivity contribution in [1.29, 1.82) is 0 Å². The van der Waals surface area contributed by atoms with Gasteiger partial charge in [-0.05, 0) is 67.3 Å². The van der Waals surface area contributed by atoms with Gasteiger partial charge in [0.15, 0.2) is 0 Å². The maximum atomic E-state index is 13.9. The van der Waals surface area contributed by atoms with Crippen molar-refractivity contribution < 1.29 is 18.7 Å². The Bertz CT molecular complexity index is 1620. The Morgan fingerprint density at radius 1 is 1.11 bits per heavy atom. The largest absolute Gasteiger partial charge is 0.456 e. The topological polar surface area (TPSA) is 105 Å². The number of rotatable bonds is 5. The maximum Gasteiger partial charge on any atom is 0.300 e. The van der Waals surface area contributed by atoms with Gasteiger partial charge in [-0.1, -0.05) is 7.43 Å². The first-order valence-electron chi connectivity index (χ1n) is 10.9. The van der Waals surface area contributed by atoms with Crippen molar-refractivity contribution in [2.45, 2.75) is 21.3 Å². The number of amides is 2. The van der Waals surface area contributed by atoms with E-state index in [-0.39, 0.29) is 30.4 Å². The van der Waals surface area contributed by atoms with E-state index >= 15 is 0 Å². The number of carbonyl (C=O) groups excluding carboxylic acids is 2. The van der Waals surface area contributed by atoms with Crippen LogP contribution in [0.4, 0.5) is 10.1 Å². The van der Waals surface area contributed by atoms with Crippen molar-refractivity contribution in [2.75, 3.05) is 12.4 Å². The Morgan fingerprint density at radius 2 is 1.78 bits per heavy atom. The number of hydrogen-bond acceptors (Lipinski definition) is 4. The molecule has 2 aromatic heterocycles. The Hall–Kier alpha value is -4.84. The molecule has 0 aliphatic carbocycles. The van der Waals surface area contributed by atoms with Crippen molar-refractivity contribution in [3.8, 4) is 35.0 Å². The van der Waals surface area contributed by atoms with E-state index in [1.54, 1.807) is 45.3 Å². The summed E-state index contributed by atoms with van der Waals surface area (Å²) in [5, 5.41) is 5.44. The highest BCUT2D eigenvalue weighted by Crippen LogP contribution is 2.40. The average Bonchev–Trinajstić information content (AvgIpc) is 3.29. The molecule has 2 heterocycles. The average molecular weight is 503 g/mol. The molecular formula is C28H27FN4O4. The van der Waals surface area contributed by atoms with Gasteiger partial charge in [0.2, 0.25) is 0 Å². The number of terminal acetylenes is 1. The third-order valence-corrected chi connectivity index (χ3v) is 5.73. The van der Waals surface area contributed by atoms with E-state index in [2.05, 4.69) is 15.6 Å². The molecule has 0 unspecified atom stereocenters. The standard InChI is InChI=1S/C27H23FN4O4.CH4/c1-6-23(33)30-17-7-8-22(36-25-14(2)9-16(28)10-15(25)3)18(11-17)20-13-32(5)27(35)19-12-21(26(34)29-4)31-24(19)20;/h1,7-13,31H,2-5H3,(H,29,34)(H,30,33);1H4. The third kappa shape index (κ3) is 5.09. The lowest BCUT2D eigenvalue weighted by Gasteiger charge is -2.17. The minimum Gasteiger partial charge on any atom is -0.456 e. The van der Waals surface area contributed by atoms with E-state index in [1.165, 1.54) is 29.8 Å². The summed E-state index contributed by atoms with van der Waals surface area (Å²) in [5.74, 6) is 1.45. The van der Waals surface area contributed by atoms with Crippen molar-refractivity contribution in [3.63, 3.8) is 0 Å². The van der Waals surface area contributed by atoms with Crippen LogP contribution in [0.5, 0.6) is 11.5 Å². The minimum absolute atomic E-state index is 0. The zero-order chi connectivity index (χ0) is 26.1. The van der Waals surface area contributed by atoms with Gasteiger partial charge in [-0.15, -0.1) is 6.42 Å². The van der Waals surface area contributed by atoms with Gasteiger partial charge in [-0.3, -0.25) is 14.4 Å². The molecule has 0 atom stereocenters. The SMILES string of the molecule is C.C#CC(=O)Nc1ccc(Oc2c(C)cc(F)cc2C)c(-c2cn(C)c(=O)c3cc(C(=O)NC)[nH]c23)c1. The molecule has 0 aliphatic heterocycles. The first kappa shape index (κ1) is 26.8. The number of benzene rings is 2. The van der Waals surface area contributed by atoms with Gasteiger partial charge >= 0.3 is 0 Å². The van der Waals surface area contributed by atoms with E-state index < -0.39 is 5.91 Å². The Morgan fingerprint density at radius 3 is 2.41 bits per heavy atom. The molecule has 0 bridgehead atoms. The number of anilines is 1. The summed E-state index contributed by atoms with van der Waals surface area (Å²) < 4.78 is 21.5. The Kier molecular flexibility index (Phi) is 7.53. The normalized spacial score (nSPS) is 10.4. The molecule has 0 fully saturated rings. The smallest absolute Gasteiger partial charge is 0.300 e. The zero-order valence-corrected chi connectivity index (χ0v) is 20.1. The number of hydrogen-bond donors (Lipinski definition) is 3. The fourth-order valence-corrected chi connectivity index (χ4v) is 4.05. The van der Waals surface area contributed by atoms with Crippen LogP contribution in [0.15, 0.2) is 47.4 Å². The summed E-state index contributed by atoms with van der Waals surface area (Å²) in [6.07, 6.45) is 6.81. The monoisotopic (exact) mass is 502 g/mol. The minimum atomic E-state index is -0.632. The molecule has 2 aromatic carbocycles. The fraction of sp³-hybridized carbons (Fsp3) is 0.179. The Balaban J connectivity index is 0.00000380. The quantitative estimate of drug-likeness (QED) is 0.346. The summed E-state index contributed by atoms with van der Waals surface area (Å²) in [4.78, 5) is 40.0. The second-order valence-electron chi connectivity index (χ2n) is 8.29. The van der Waals surface area contributed by atoms with Gasteiger partial charge in [0.05, 0.1) is 10.9 Å². The summed E-state index contributed by atoms with van der Waals surface area (Å²) in [6, 6.07) is 9.13. The first-order valence-corrected chi connectivity index (χ1v) is 10.9. The van der Waals surface area contributed by atoms with E-state index in [4.69, 9.17) is 11.2 Å². The molecule has 3 N–H and O–H groups in total. The number of aromatic nitrogens is 2. The van der Waals surface area contributed by atoms with Crippen molar-refractivity contribution in [2.24, 2.45) is 7.05 Å². The molecule has 0 saturated carbocycles. The number of carbonyl (C=O) groups is 2. The molecule has 0 aliphatic rings. The number of aryl methyl sites for hydroxylation is 3. The van der Waals surface area contributed by atoms with Gasteiger partial charge < -0.3 is 24.9 Å². The van der Waals surface area contributed by atoms with Crippen LogP contribution in [0.2, 0.25) is 0 Å². The van der Waals surface area contributed by atoms with Crippen LogP contribution in [0.1, 0.15) is 29.0 Å². The molecule has 9 heteroatoms. The van der Waals surface area contributed by atoms with Gasteiger partial charge in [0, 0.05) is 37.1 Å². The molecule has 0 spiro atoms. The number of pyridine rings is 1. The number of ether oxygens (including phenoxy) is 1. The summed E-state index contributed by atoms with van der Waals surface area (Å²) >= 11 is 0. The number of fused-ring (bicyclic) bond motifs is 1. The number of aromatic amines is 1. The van der Waals surface area contributed by atoms with Crippen LogP contribution >= 0.6 is 0 Å². The van der Waals surface area contributed by atoms with E-state index in [9.17, 15) is 18.8 Å². The highest BCUT2D eigenvalue weighted by Gasteiger charge is 2.20. The Labute approximate surface area is 213 Å². The lowest BCUT2D eigenvalue weighted by Crippen LogP contribution is -2.18. The number of nitrogens with one attached hydrogen (secondary N) is 3. The summed E-state index contributed by atoms with van der Waals surface area (Å²) in [6.45, 7) is 3.47. The second-order valence-corrected chi connectivity index (χ2v) is 8.29. The highest BCUT2D eigenvalue weighted by molar-refractivity contribution is 6.05. The zero-order valence-electron chi connectivity index (χ0n) is 20.1. The maximum absolute atomic E-state index is 13.9. The lowest BCUT2D eigenvalue weighted by atomic mass is 10.0. The predicted octanol–water partition coefficient (Wildman–Crippen LogP) is 4.65. The van der Waals surface area contributed by atoms with Crippen LogP contribution in [0.25, 0.3) is 22.0 Å². The molecule has 8 nitrogen and oxygen atoms in total. The molecular weight excluding hydrogens is 475 g/mol. The van der Waals surface area contributed by atoms with Crippen LogP contribution in [0, 0.1) is 32.0 Å². The summed E-state index contributed by atoms with van der Waals surface area (Å²) in [5.41, 5.74) is 2.94. The molecule has 0 radical (unpaired) electrons. The number of H-pyrrole nitrogens is 1. The molecule has 190 valence electrons.